The summed E-state index contributed by atoms with van der Waals surface area (Å²) >= 11 is 0. The summed E-state index contributed by atoms with van der Waals surface area (Å²) in [7, 11) is -3.65. The predicted octanol–water partition coefficient (Wildman–Crippen LogP) is 2.77. The number of carbonyl (C=O) groups is 2. The molecule has 1 amide bonds. The van der Waals surface area contributed by atoms with Crippen LogP contribution in [0.15, 0.2) is 58.3 Å². The van der Waals surface area contributed by atoms with E-state index in [9.17, 15) is 18.0 Å². The number of carbonyl (C=O) groups excluding carboxylic acids is 2. The molecule has 1 saturated heterocycles. The van der Waals surface area contributed by atoms with Crippen molar-refractivity contribution in [2.45, 2.75) is 29.6 Å². The number of anilines is 2. The van der Waals surface area contributed by atoms with Crippen molar-refractivity contribution in [2.24, 2.45) is 5.92 Å². The fraction of sp³-hybridized carbons (Fsp3) is 0.364. The molecule has 2 aromatic carbocycles. The Bertz CT molecular complexity index is 1030. The molecule has 30 heavy (non-hydrogen) atoms. The summed E-state index contributed by atoms with van der Waals surface area (Å²) in [4.78, 5) is 29.1. The van der Waals surface area contributed by atoms with Crippen LogP contribution in [0.2, 0.25) is 0 Å². The smallest absolute Gasteiger partial charge is 0.310 e. The number of likely N-dealkylation sites (tertiary alicyclic amines) is 1. The summed E-state index contributed by atoms with van der Waals surface area (Å²) < 4.78 is 31.2. The first-order chi connectivity index (χ1) is 14.4. The number of piperidine rings is 1. The topological polar surface area (TPSA) is 84.0 Å². The van der Waals surface area contributed by atoms with Crippen LogP contribution < -0.4 is 4.90 Å². The van der Waals surface area contributed by atoms with Gasteiger partial charge < -0.3 is 14.5 Å². The van der Waals surface area contributed by atoms with Gasteiger partial charge in [0, 0.05) is 13.1 Å². The van der Waals surface area contributed by atoms with Crippen molar-refractivity contribution in [1.29, 1.82) is 0 Å². The van der Waals surface area contributed by atoms with Crippen LogP contribution in [-0.2, 0) is 24.2 Å². The van der Waals surface area contributed by atoms with Crippen molar-refractivity contribution in [3.8, 4) is 0 Å². The Morgan fingerprint density at radius 3 is 2.23 bits per heavy atom. The van der Waals surface area contributed by atoms with Crippen molar-refractivity contribution in [2.75, 3.05) is 31.1 Å². The number of hydrogen-bond acceptors (Lipinski definition) is 6. The predicted molar refractivity (Wildman–Crippen MR) is 111 cm³/mol. The van der Waals surface area contributed by atoms with Gasteiger partial charge in [-0.3, -0.25) is 9.59 Å². The van der Waals surface area contributed by atoms with Gasteiger partial charge in [-0.2, -0.15) is 0 Å². The highest BCUT2D eigenvalue weighted by Gasteiger charge is 2.36. The van der Waals surface area contributed by atoms with Gasteiger partial charge in [0.1, 0.15) is 6.54 Å². The Morgan fingerprint density at radius 2 is 1.63 bits per heavy atom. The minimum absolute atomic E-state index is 0.000901. The Labute approximate surface area is 176 Å². The molecule has 0 aliphatic carbocycles. The SMILES string of the molecule is CCOC(=O)C1CCCN(C(=O)CN2c3ccccc3S(=O)(=O)c3ccccc32)C1. The Hall–Kier alpha value is -2.87. The number of para-hydroxylation sites is 2. The molecular formula is C22H24N2O5S. The van der Waals surface area contributed by atoms with E-state index >= 15 is 0 Å². The fourth-order valence-electron chi connectivity index (χ4n) is 4.12. The van der Waals surface area contributed by atoms with Crippen LogP contribution >= 0.6 is 0 Å². The van der Waals surface area contributed by atoms with Gasteiger partial charge in [-0.25, -0.2) is 8.42 Å². The van der Waals surface area contributed by atoms with Gasteiger partial charge in [0.25, 0.3) is 0 Å². The summed E-state index contributed by atoms with van der Waals surface area (Å²) in [5.74, 6) is -0.730. The van der Waals surface area contributed by atoms with Gasteiger partial charge in [0.2, 0.25) is 15.7 Å². The summed E-state index contributed by atoms with van der Waals surface area (Å²) in [5.41, 5.74) is 0.979. The molecule has 8 heteroatoms. The lowest BCUT2D eigenvalue weighted by molar-refractivity contribution is -0.151. The number of ether oxygens (including phenoxy) is 1. The normalized spacial score (nSPS) is 19.6. The number of nitrogens with zero attached hydrogens (tertiary/aromatic N) is 2. The summed E-state index contributed by atoms with van der Waals surface area (Å²) in [6, 6.07) is 13.4. The van der Waals surface area contributed by atoms with Crippen LogP contribution in [-0.4, -0.2) is 51.4 Å². The lowest BCUT2D eigenvalue weighted by atomic mass is 9.98. The Morgan fingerprint density at radius 1 is 1.03 bits per heavy atom. The van der Waals surface area contributed by atoms with Gasteiger partial charge in [0.05, 0.1) is 33.7 Å². The number of amides is 1. The lowest BCUT2D eigenvalue weighted by Crippen LogP contribution is -2.46. The average molecular weight is 429 g/mol. The molecule has 1 unspecified atom stereocenters. The summed E-state index contributed by atoms with van der Waals surface area (Å²) in [6.07, 6.45) is 1.44. The van der Waals surface area contributed by atoms with Crippen molar-refractivity contribution in [1.82, 2.24) is 4.90 Å². The molecule has 2 aliphatic heterocycles. The number of sulfone groups is 1. The maximum atomic E-state index is 13.2. The van der Waals surface area contributed by atoms with Crippen molar-refractivity contribution >= 4 is 33.1 Å². The monoisotopic (exact) mass is 428 g/mol. The number of hydrogen-bond donors (Lipinski definition) is 0. The number of rotatable bonds is 4. The van der Waals surface area contributed by atoms with E-state index < -0.39 is 9.84 Å². The molecule has 2 heterocycles. The first-order valence-electron chi connectivity index (χ1n) is 10.1. The van der Waals surface area contributed by atoms with Crippen LogP contribution in [0.3, 0.4) is 0 Å². The standard InChI is InChI=1S/C22H24N2O5S/c1-2-29-22(26)16-8-7-13-23(14-16)21(25)15-24-17-9-3-5-11-19(17)30(27,28)20-12-6-4-10-18(20)24/h3-6,9-12,16H,2,7-8,13-15H2,1H3. The average Bonchev–Trinajstić information content (AvgIpc) is 2.77. The van der Waals surface area contributed by atoms with Crippen molar-refractivity contribution in [3.05, 3.63) is 48.5 Å². The highest BCUT2D eigenvalue weighted by atomic mass is 32.2. The van der Waals surface area contributed by atoms with Crippen LogP contribution in [0.4, 0.5) is 11.4 Å². The molecule has 7 nitrogen and oxygen atoms in total. The number of esters is 1. The first-order valence-corrected chi connectivity index (χ1v) is 11.6. The second-order valence-corrected chi connectivity index (χ2v) is 9.34. The number of benzene rings is 2. The van der Waals surface area contributed by atoms with Crippen LogP contribution in [0, 0.1) is 5.92 Å². The Kier molecular flexibility index (Phi) is 5.51. The van der Waals surface area contributed by atoms with Gasteiger partial charge in [-0.15, -0.1) is 0 Å². The number of fused-ring (bicyclic) bond motifs is 2. The first kappa shape index (κ1) is 20.4. The quantitative estimate of drug-likeness (QED) is 0.697. The zero-order chi connectivity index (χ0) is 21.3. The maximum Gasteiger partial charge on any atom is 0.310 e. The highest BCUT2D eigenvalue weighted by molar-refractivity contribution is 7.92. The van der Waals surface area contributed by atoms with Crippen molar-refractivity contribution in [3.63, 3.8) is 0 Å². The van der Waals surface area contributed by atoms with E-state index in [0.717, 1.165) is 6.42 Å². The molecule has 0 radical (unpaired) electrons. The second kappa shape index (κ2) is 8.10. The van der Waals surface area contributed by atoms with E-state index in [-0.39, 0.29) is 34.1 Å². The molecule has 4 rings (SSSR count). The summed E-state index contributed by atoms with van der Waals surface area (Å²) in [6.45, 7) is 2.98. The summed E-state index contributed by atoms with van der Waals surface area (Å²) in [5, 5.41) is 0. The molecule has 0 spiro atoms. The molecule has 2 aliphatic rings. The fourth-order valence-corrected chi connectivity index (χ4v) is 5.78. The van der Waals surface area contributed by atoms with Gasteiger partial charge in [0.15, 0.2) is 0 Å². The van der Waals surface area contributed by atoms with E-state index in [2.05, 4.69) is 0 Å². The highest BCUT2D eigenvalue weighted by Crippen LogP contribution is 2.43. The minimum Gasteiger partial charge on any atom is -0.466 e. The molecule has 158 valence electrons. The van der Waals surface area contributed by atoms with Crippen molar-refractivity contribution < 1.29 is 22.7 Å². The van der Waals surface area contributed by atoms with Gasteiger partial charge in [-0.1, -0.05) is 24.3 Å². The van der Waals surface area contributed by atoms with Gasteiger partial charge >= 0.3 is 5.97 Å². The molecule has 0 saturated carbocycles. The minimum atomic E-state index is -3.65. The zero-order valence-electron chi connectivity index (χ0n) is 16.8. The van der Waals surface area contributed by atoms with Gasteiger partial charge in [-0.05, 0) is 44.0 Å². The zero-order valence-corrected chi connectivity index (χ0v) is 17.6. The van der Waals surface area contributed by atoms with E-state index in [4.69, 9.17) is 4.74 Å². The van der Waals surface area contributed by atoms with Crippen LogP contribution in [0.5, 0.6) is 0 Å². The molecule has 0 bridgehead atoms. The molecule has 0 aromatic heterocycles. The van der Waals surface area contributed by atoms with Crippen LogP contribution in [0.1, 0.15) is 19.8 Å². The molecular weight excluding hydrogens is 404 g/mol. The third kappa shape index (κ3) is 3.56. The molecule has 2 aromatic rings. The Balaban J connectivity index is 1.62. The lowest BCUT2D eigenvalue weighted by Gasteiger charge is -2.36. The van der Waals surface area contributed by atoms with Crippen LogP contribution in [0.25, 0.3) is 0 Å². The molecule has 1 atom stereocenters. The van der Waals surface area contributed by atoms with E-state index in [0.29, 0.717) is 37.5 Å². The van der Waals surface area contributed by atoms with E-state index in [1.165, 1.54) is 0 Å². The molecule has 0 N–H and O–H groups in total. The van der Waals surface area contributed by atoms with E-state index in [1.807, 2.05) is 0 Å². The third-order valence-corrected chi connectivity index (χ3v) is 7.43. The third-order valence-electron chi connectivity index (χ3n) is 5.58. The maximum absolute atomic E-state index is 13.2. The molecule has 1 fully saturated rings. The van der Waals surface area contributed by atoms with E-state index in [1.54, 1.807) is 65.3 Å². The largest absolute Gasteiger partial charge is 0.466 e. The second-order valence-electron chi connectivity index (χ2n) is 7.46.